The highest BCUT2D eigenvalue weighted by Crippen LogP contribution is 2.28. The number of hydrogen-bond acceptors (Lipinski definition) is 2. The summed E-state index contributed by atoms with van der Waals surface area (Å²) in [4.78, 5) is 23.4. The molecule has 2 rings (SSSR count). The van der Waals surface area contributed by atoms with Crippen LogP contribution in [0.3, 0.4) is 0 Å². The van der Waals surface area contributed by atoms with Crippen LogP contribution in [0.25, 0.3) is 11.1 Å². The Balaban J connectivity index is 2.79. The van der Waals surface area contributed by atoms with E-state index in [1.807, 2.05) is 26.0 Å². The van der Waals surface area contributed by atoms with Gasteiger partial charge in [0.15, 0.2) is 0 Å². The highest BCUT2D eigenvalue weighted by Gasteiger charge is 2.23. The lowest BCUT2D eigenvalue weighted by molar-refractivity contribution is -0.132. The third-order valence-electron chi connectivity index (χ3n) is 3.29. The Bertz CT molecular complexity index is 707. The van der Waals surface area contributed by atoms with Crippen LogP contribution in [-0.4, -0.2) is 22.2 Å². The van der Waals surface area contributed by atoms with Gasteiger partial charge in [-0.15, -0.1) is 0 Å². The molecule has 22 heavy (non-hydrogen) atoms. The fourth-order valence-electron chi connectivity index (χ4n) is 2.35. The van der Waals surface area contributed by atoms with E-state index in [2.05, 4.69) is 0 Å². The van der Waals surface area contributed by atoms with Crippen LogP contribution < -0.4 is 0 Å². The first-order valence-electron chi connectivity index (χ1n) is 6.75. The Kier molecular flexibility index (Phi) is 4.41. The van der Waals surface area contributed by atoms with E-state index < -0.39 is 11.9 Å². The van der Waals surface area contributed by atoms with Crippen molar-refractivity contribution in [1.82, 2.24) is 0 Å². The Labute approximate surface area is 128 Å². The maximum atomic E-state index is 11.7. The minimum absolute atomic E-state index is 0.207. The highest BCUT2D eigenvalue weighted by molar-refractivity contribution is 6.36. The molecule has 2 aromatic carbocycles. The zero-order chi connectivity index (χ0) is 16.3. The van der Waals surface area contributed by atoms with E-state index in [-0.39, 0.29) is 11.1 Å². The number of carboxylic acids is 2. The summed E-state index contributed by atoms with van der Waals surface area (Å²) in [6.45, 7) is 3.66. The summed E-state index contributed by atoms with van der Waals surface area (Å²) in [6, 6.07) is 13.6. The molecule has 0 atom stereocenters. The van der Waals surface area contributed by atoms with Gasteiger partial charge in [-0.3, -0.25) is 0 Å². The predicted octanol–water partition coefficient (Wildman–Crippen LogP) is 3.38. The maximum absolute atomic E-state index is 11.7. The van der Waals surface area contributed by atoms with Crippen LogP contribution >= 0.6 is 0 Å². The molecule has 0 spiro atoms. The number of benzene rings is 2. The smallest absolute Gasteiger partial charge is 0.337 e. The van der Waals surface area contributed by atoms with Crippen molar-refractivity contribution in [3.05, 3.63) is 70.8 Å². The van der Waals surface area contributed by atoms with E-state index in [4.69, 9.17) is 0 Å². The van der Waals surface area contributed by atoms with Gasteiger partial charge in [-0.05, 0) is 25.0 Å². The van der Waals surface area contributed by atoms with Gasteiger partial charge < -0.3 is 10.2 Å². The van der Waals surface area contributed by atoms with Crippen molar-refractivity contribution < 1.29 is 19.8 Å². The normalized spacial score (nSPS) is 11.7. The summed E-state index contributed by atoms with van der Waals surface area (Å²) in [6.07, 6.45) is 0. The van der Waals surface area contributed by atoms with Gasteiger partial charge in [0.05, 0.1) is 11.1 Å². The van der Waals surface area contributed by atoms with Crippen molar-refractivity contribution in [2.75, 3.05) is 0 Å². The van der Waals surface area contributed by atoms with Gasteiger partial charge >= 0.3 is 11.9 Å². The number of rotatable bonds is 4. The Morgan fingerprint density at radius 1 is 0.727 bits per heavy atom. The molecule has 2 aromatic rings. The van der Waals surface area contributed by atoms with Gasteiger partial charge in [0.2, 0.25) is 0 Å². The van der Waals surface area contributed by atoms with Crippen LogP contribution in [0, 0.1) is 13.8 Å². The van der Waals surface area contributed by atoms with E-state index in [9.17, 15) is 19.8 Å². The molecule has 4 nitrogen and oxygen atoms in total. The fraction of sp³-hybridized carbons (Fsp3) is 0.111. The summed E-state index contributed by atoms with van der Waals surface area (Å²) in [5.74, 6) is -2.52. The maximum Gasteiger partial charge on any atom is 0.337 e. The van der Waals surface area contributed by atoms with Crippen molar-refractivity contribution in [2.24, 2.45) is 0 Å². The molecule has 0 saturated heterocycles. The lowest BCUT2D eigenvalue weighted by atomic mass is 9.93. The number of aryl methyl sites for hydroxylation is 2. The largest absolute Gasteiger partial charge is 0.478 e. The molecule has 0 saturated carbocycles. The second-order valence-electron chi connectivity index (χ2n) is 5.10. The Hall–Kier alpha value is -2.88. The minimum Gasteiger partial charge on any atom is -0.478 e. The molecule has 0 amide bonds. The minimum atomic E-state index is -1.26. The lowest BCUT2D eigenvalue weighted by Crippen LogP contribution is -2.10. The molecule has 4 heteroatoms. The van der Waals surface area contributed by atoms with E-state index in [0.717, 1.165) is 11.1 Å². The molecular weight excluding hydrogens is 280 g/mol. The van der Waals surface area contributed by atoms with E-state index in [1.165, 1.54) is 0 Å². The monoisotopic (exact) mass is 296 g/mol. The van der Waals surface area contributed by atoms with Gasteiger partial charge in [-0.25, -0.2) is 9.59 Å². The van der Waals surface area contributed by atoms with Crippen LogP contribution in [0.15, 0.2) is 48.5 Å². The van der Waals surface area contributed by atoms with Crippen LogP contribution in [-0.2, 0) is 9.59 Å². The Morgan fingerprint density at radius 3 is 1.36 bits per heavy atom. The van der Waals surface area contributed by atoms with Crippen LogP contribution in [0.2, 0.25) is 0 Å². The quantitative estimate of drug-likeness (QED) is 0.670. The second-order valence-corrected chi connectivity index (χ2v) is 5.10. The first kappa shape index (κ1) is 15.5. The Morgan fingerprint density at radius 2 is 1.09 bits per heavy atom. The molecular formula is C18H16O4. The second kappa shape index (κ2) is 6.26. The number of carboxylic acid groups (broad SMARTS) is 2. The molecule has 0 radical (unpaired) electrons. The average Bonchev–Trinajstić information content (AvgIpc) is 2.43. The summed E-state index contributed by atoms with van der Waals surface area (Å²) in [5.41, 5.74) is 2.08. The van der Waals surface area contributed by atoms with E-state index in [1.54, 1.807) is 36.4 Å². The van der Waals surface area contributed by atoms with Crippen LogP contribution in [0.4, 0.5) is 0 Å². The predicted molar refractivity (Wildman–Crippen MR) is 84.4 cm³/mol. The first-order valence-corrected chi connectivity index (χ1v) is 6.75. The molecule has 0 aliphatic carbocycles. The summed E-state index contributed by atoms with van der Waals surface area (Å²) in [7, 11) is 0. The van der Waals surface area contributed by atoms with E-state index >= 15 is 0 Å². The molecule has 0 fully saturated rings. The summed E-state index contributed by atoms with van der Waals surface area (Å²) >= 11 is 0. The highest BCUT2D eigenvalue weighted by atomic mass is 16.4. The van der Waals surface area contributed by atoms with Crippen molar-refractivity contribution in [3.8, 4) is 0 Å². The van der Waals surface area contributed by atoms with Gasteiger partial charge in [-0.2, -0.15) is 0 Å². The molecule has 112 valence electrons. The third kappa shape index (κ3) is 3.23. The molecule has 0 unspecified atom stereocenters. The van der Waals surface area contributed by atoms with Gasteiger partial charge in [0.25, 0.3) is 0 Å². The molecule has 0 aromatic heterocycles. The number of aliphatic carboxylic acids is 2. The fourth-order valence-corrected chi connectivity index (χ4v) is 2.35. The van der Waals surface area contributed by atoms with E-state index in [0.29, 0.717) is 11.1 Å². The van der Waals surface area contributed by atoms with Crippen molar-refractivity contribution in [2.45, 2.75) is 13.8 Å². The van der Waals surface area contributed by atoms with Gasteiger partial charge in [-0.1, -0.05) is 59.7 Å². The van der Waals surface area contributed by atoms with Crippen molar-refractivity contribution >= 4 is 23.1 Å². The van der Waals surface area contributed by atoms with Gasteiger partial charge in [0.1, 0.15) is 0 Å². The molecule has 0 aliphatic rings. The number of carbonyl (C=O) groups is 2. The molecule has 0 heterocycles. The van der Waals surface area contributed by atoms with Crippen molar-refractivity contribution in [3.63, 3.8) is 0 Å². The molecule has 2 N–H and O–H groups in total. The summed E-state index contributed by atoms with van der Waals surface area (Å²) < 4.78 is 0. The van der Waals surface area contributed by atoms with Crippen LogP contribution in [0.5, 0.6) is 0 Å². The molecule has 0 bridgehead atoms. The average molecular weight is 296 g/mol. The van der Waals surface area contributed by atoms with Crippen molar-refractivity contribution in [1.29, 1.82) is 0 Å². The SMILES string of the molecule is Cc1cccc(/C(C(=O)O)=C(/C(=O)O)c2cccc(C)c2)c1. The standard InChI is InChI=1S/C18H16O4/c1-11-5-3-7-13(9-11)15(17(19)20)16(18(21)22)14-8-4-6-12(2)10-14/h3-10H,1-2H3,(H,19,20)(H,21,22)/b16-15-. The zero-order valence-electron chi connectivity index (χ0n) is 12.3. The summed E-state index contributed by atoms with van der Waals surface area (Å²) in [5, 5.41) is 19.1. The molecule has 0 aliphatic heterocycles. The zero-order valence-corrected chi connectivity index (χ0v) is 12.3. The lowest BCUT2D eigenvalue weighted by Gasteiger charge is -2.11. The van der Waals surface area contributed by atoms with Crippen LogP contribution in [0.1, 0.15) is 22.3 Å². The topological polar surface area (TPSA) is 74.6 Å². The van der Waals surface area contributed by atoms with Gasteiger partial charge in [0, 0.05) is 0 Å². The number of hydrogen-bond donors (Lipinski definition) is 2. The first-order chi connectivity index (χ1) is 10.4. The third-order valence-corrected chi connectivity index (χ3v) is 3.29.